The van der Waals surface area contributed by atoms with Crippen molar-refractivity contribution >= 4 is 51.4 Å². The molecule has 6 nitrogen and oxygen atoms in total. The Morgan fingerprint density at radius 1 is 1.06 bits per heavy atom. The number of fused-ring (bicyclic) bond motifs is 1. The van der Waals surface area contributed by atoms with Crippen molar-refractivity contribution in [2.45, 2.75) is 39.2 Å². The topological polar surface area (TPSA) is 61.9 Å². The second-order valence-electron chi connectivity index (χ2n) is 8.44. The lowest BCUT2D eigenvalue weighted by Crippen LogP contribution is -2.48. The second-order valence-corrected chi connectivity index (χ2v) is 10.4. The first-order valence-corrected chi connectivity index (χ1v) is 13.0. The number of esters is 1. The van der Waals surface area contributed by atoms with Gasteiger partial charge >= 0.3 is 5.97 Å². The van der Waals surface area contributed by atoms with Crippen LogP contribution in [0, 0.1) is 0 Å². The number of thiophene rings is 1. The van der Waals surface area contributed by atoms with E-state index in [1.54, 1.807) is 6.92 Å². The molecule has 0 unspecified atom stereocenters. The summed E-state index contributed by atoms with van der Waals surface area (Å²) in [5.74, 6) is -0.430. The Morgan fingerprint density at radius 2 is 1.73 bits per heavy atom. The standard InChI is InChI=1S/C24H29Cl2N3O3S/c1-2-32-24(31)22-16-6-3-4-9-20(16)33-23(22)27-21(30)15-29-12-10-28(11-13-29)14-17-18(25)7-5-8-19(17)26/h5,7-8H,2-4,6,9-15H2,1H3,(H,27,30). The van der Waals surface area contributed by atoms with Crippen molar-refractivity contribution in [1.29, 1.82) is 0 Å². The molecule has 0 saturated carbocycles. The molecule has 0 bridgehead atoms. The van der Waals surface area contributed by atoms with Gasteiger partial charge in [0.25, 0.3) is 0 Å². The summed E-state index contributed by atoms with van der Waals surface area (Å²) in [5, 5.41) is 5.01. The highest BCUT2D eigenvalue weighted by atomic mass is 35.5. The normalized spacial score (nSPS) is 16.9. The van der Waals surface area contributed by atoms with Crippen LogP contribution in [0.4, 0.5) is 5.00 Å². The number of ether oxygens (including phenoxy) is 1. The largest absolute Gasteiger partial charge is 0.462 e. The molecule has 0 atom stereocenters. The van der Waals surface area contributed by atoms with Crippen molar-refractivity contribution in [3.8, 4) is 0 Å². The van der Waals surface area contributed by atoms with Crippen LogP contribution in [0.2, 0.25) is 10.0 Å². The molecular formula is C24H29Cl2N3O3S. The zero-order chi connectivity index (χ0) is 23.4. The summed E-state index contributed by atoms with van der Waals surface area (Å²) in [7, 11) is 0. The number of amides is 1. The van der Waals surface area contributed by atoms with Gasteiger partial charge in [-0.1, -0.05) is 29.3 Å². The van der Waals surface area contributed by atoms with E-state index < -0.39 is 0 Å². The van der Waals surface area contributed by atoms with E-state index in [4.69, 9.17) is 27.9 Å². The van der Waals surface area contributed by atoms with Gasteiger partial charge in [-0.25, -0.2) is 4.79 Å². The van der Waals surface area contributed by atoms with Crippen molar-refractivity contribution < 1.29 is 14.3 Å². The minimum absolute atomic E-state index is 0.0956. The number of piperazine rings is 1. The molecule has 2 aromatic rings. The van der Waals surface area contributed by atoms with Crippen LogP contribution in [0.25, 0.3) is 0 Å². The van der Waals surface area contributed by atoms with Crippen molar-refractivity contribution in [1.82, 2.24) is 9.80 Å². The Balaban J connectivity index is 1.34. The van der Waals surface area contributed by atoms with Crippen molar-refractivity contribution in [2.75, 3.05) is 44.6 Å². The molecule has 0 radical (unpaired) electrons. The van der Waals surface area contributed by atoms with Gasteiger partial charge < -0.3 is 10.1 Å². The summed E-state index contributed by atoms with van der Waals surface area (Å²) >= 11 is 14.1. The summed E-state index contributed by atoms with van der Waals surface area (Å²) < 4.78 is 5.28. The van der Waals surface area contributed by atoms with E-state index in [9.17, 15) is 9.59 Å². The number of hydrogen-bond donors (Lipinski definition) is 1. The molecule has 1 N–H and O–H groups in total. The Bertz CT molecular complexity index is 998. The quantitative estimate of drug-likeness (QED) is 0.539. The van der Waals surface area contributed by atoms with E-state index in [1.807, 2.05) is 18.2 Å². The molecule has 0 spiro atoms. The average molecular weight is 510 g/mol. The van der Waals surface area contributed by atoms with Crippen LogP contribution in [0.3, 0.4) is 0 Å². The Morgan fingerprint density at radius 3 is 2.42 bits per heavy atom. The summed E-state index contributed by atoms with van der Waals surface area (Å²) in [6.07, 6.45) is 4.01. The Kier molecular flexibility index (Phi) is 8.30. The maximum atomic E-state index is 12.8. The van der Waals surface area contributed by atoms with Gasteiger partial charge in [0.05, 0.1) is 18.7 Å². The summed E-state index contributed by atoms with van der Waals surface area (Å²) in [6.45, 7) is 6.33. The molecule has 1 aliphatic carbocycles. The zero-order valence-electron chi connectivity index (χ0n) is 18.8. The van der Waals surface area contributed by atoms with Crippen LogP contribution in [-0.4, -0.2) is 61.0 Å². The smallest absolute Gasteiger partial charge is 0.341 e. The number of halogens is 2. The average Bonchev–Trinajstić information content (AvgIpc) is 3.15. The molecular weight excluding hydrogens is 481 g/mol. The van der Waals surface area contributed by atoms with Crippen LogP contribution < -0.4 is 5.32 Å². The van der Waals surface area contributed by atoms with E-state index in [2.05, 4.69) is 15.1 Å². The lowest BCUT2D eigenvalue weighted by atomic mass is 9.95. The third-order valence-corrected chi connectivity index (χ3v) is 8.09. The highest BCUT2D eigenvalue weighted by molar-refractivity contribution is 7.17. The summed E-state index contributed by atoms with van der Waals surface area (Å²) in [4.78, 5) is 31.1. The number of anilines is 1. The molecule has 1 aromatic heterocycles. The van der Waals surface area contributed by atoms with Crippen LogP contribution in [-0.2, 0) is 28.9 Å². The highest BCUT2D eigenvalue weighted by Crippen LogP contribution is 2.38. The number of nitrogens with zero attached hydrogens (tertiary/aromatic N) is 2. The number of carbonyl (C=O) groups is 2. The van der Waals surface area contributed by atoms with E-state index in [-0.39, 0.29) is 11.9 Å². The van der Waals surface area contributed by atoms with Crippen LogP contribution in [0.5, 0.6) is 0 Å². The summed E-state index contributed by atoms with van der Waals surface area (Å²) in [5.41, 5.74) is 2.57. The molecule has 33 heavy (non-hydrogen) atoms. The zero-order valence-corrected chi connectivity index (χ0v) is 21.1. The first-order valence-electron chi connectivity index (χ1n) is 11.4. The lowest BCUT2D eigenvalue weighted by molar-refractivity contribution is -0.117. The van der Waals surface area contributed by atoms with E-state index in [0.717, 1.165) is 63.0 Å². The fourth-order valence-electron chi connectivity index (χ4n) is 4.45. The molecule has 2 aliphatic rings. The van der Waals surface area contributed by atoms with Crippen molar-refractivity contribution in [3.63, 3.8) is 0 Å². The van der Waals surface area contributed by atoms with Gasteiger partial charge in [-0.2, -0.15) is 0 Å². The highest BCUT2D eigenvalue weighted by Gasteiger charge is 2.28. The van der Waals surface area contributed by atoms with Crippen molar-refractivity contribution in [3.05, 3.63) is 49.8 Å². The van der Waals surface area contributed by atoms with Gasteiger partial charge in [0.15, 0.2) is 0 Å². The predicted octanol–water partition coefficient (Wildman–Crippen LogP) is 4.87. The predicted molar refractivity (Wildman–Crippen MR) is 134 cm³/mol. The fraction of sp³-hybridized carbons (Fsp3) is 0.500. The van der Waals surface area contributed by atoms with Crippen molar-refractivity contribution in [2.24, 2.45) is 0 Å². The van der Waals surface area contributed by atoms with E-state index in [1.165, 1.54) is 16.2 Å². The number of rotatable bonds is 7. The van der Waals surface area contributed by atoms with E-state index >= 15 is 0 Å². The molecule has 1 amide bonds. The van der Waals surface area contributed by atoms with Gasteiger partial charge in [0.1, 0.15) is 5.00 Å². The Labute approximate surface area is 208 Å². The number of carbonyl (C=O) groups excluding carboxylic acids is 2. The number of benzene rings is 1. The Hall–Kier alpha value is -1.64. The molecule has 1 saturated heterocycles. The van der Waals surface area contributed by atoms with Gasteiger partial charge in [-0.3, -0.25) is 14.6 Å². The molecule has 4 rings (SSSR count). The molecule has 1 fully saturated rings. The third kappa shape index (κ3) is 5.89. The van der Waals surface area contributed by atoms with Crippen LogP contribution >= 0.6 is 34.5 Å². The first kappa shape index (κ1) is 24.5. The summed E-state index contributed by atoms with van der Waals surface area (Å²) in [6, 6.07) is 5.56. The van der Waals surface area contributed by atoms with Gasteiger partial charge in [0.2, 0.25) is 5.91 Å². The molecule has 9 heteroatoms. The SMILES string of the molecule is CCOC(=O)c1c(NC(=O)CN2CCN(Cc3c(Cl)cccc3Cl)CC2)sc2c1CCCC2. The third-order valence-electron chi connectivity index (χ3n) is 6.18. The lowest BCUT2D eigenvalue weighted by Gasteiger charge is -2.34. The van der Waals surface area contributed by atoms with Crippen LogP contribution in [0.1, 0.15) is 46.1 Å². The fourth-order valence-corrected chi connectivity index (χ4v) is 6.27. The minimum atomic E-state index is -0.334. The number of hydrogen-bond acceptors (Lipinski definition) is 6. The van der Waals surface area contributed by atoms with Gasteiger partial charge in [-0.15, -0.1) is 11.3 Å². The van der Waals surface area contributed by atoms with Crippen LogP contribution in [0.15, 0.2) is 18.2 Å². The van der Waals surface area contributed by atoms with Gasteiger partial charge in [-0.05, 0) is 50.3 Å². The second kappa shape index (κ2) is 11.2. The molecule has 1 aliphatic heterocycles. The monoisotopic (exact) mass is 509 g/mol. The van der Waals surface area contributed by atoms with E-state index in [0.29, 0.717) is 40.3 Å². The first-order chi connectivity index (χ1) is 16.0. The number of aryl methyl sites for hydroxylation is 1. The molecule has 2 heterocycles. The minimum Gasteiger partial charge on any atom is -0.462 e. The maximum Gasteiger partial charge on any atom is 0.341 e. The maximum absolute atomic E-state index is 12.8. The molecule has 1 aromatic carbocycles. The molecule has 178 valence electrons. The van der Waals surface area contributed by atoms with Gasteiger partial charge in [0, 0.05) is 53.2 Å². The number of nitrogens with one attached hydrogen (secondary N) is 1.